The maximum atomic E-state index is 12.2. The molecule has 0 spiro atoms. The summed E-state index contributed by atoms with van der Waals surface area (Å²) in [6.07, 6.45) is 0.983. The van der Waals surface area contributed by atoms with Crippen molar-refractivity contribution >= 4 is 12.1 Å². The Hall–Kier alpha value is -2.28. The molecule has 1 unspecified atom stereocenters. The van der Waals surface area contributed by atoms with Gasteiger partial charge >= 0.3 is 12.1 Å². The standard InChI is InChI=1S/C22H35NO6/c1-5-7-13-29-22(26)23(16-17(3)4)12-14-28-19-10-8-18(9-11-19)15-20(21(24)25)27-6-2/h8-11,17,20H,5-7,12-16H2,1-4H3,(H,24,25). The molecule has 0 fully saturated rings. The molecule has 164 valence electrons. The molecular weight excluding hydrogens is 374 g/mol. The Balaban J connectivity index is 2.53. The third kappa shape index (κ3) is 10.2. The van der Waals surface area contributed by atoms with Gasteiger partial charge in [0.2, 0.25) is 0 Å². The van der Waals surface area contributed by atoms with Gasteiger partial charge in [-0.3, -0.25) is 0 Å². The van der Waals surface area contributed by atoms with Gasteiger partial charge in [-0.15, -0.1) is 0 Å². The first kappa shape index (κ1) is 24.8. The first-order valence-corrected chi connectivity index (χ1v) is 10.3. The van der Waals surface area contributed by atoms with Crippen molar-refractivity contribution in [2.75, 3.05) is 32.9 Å². The number of carboxylic acid groups (broad SMARTS) is 1. The highest BCUT2D eigenvalue weighted by atomic mass is 16.6. The number of carboxylic acids is 1. The minimum atomic E-state index is -0.969. The first-order chi connectivity index (χ1) is 13.9. The summed E-state index contributed by atoms with van der Waals surface area (Å²) in [6, 6.07) is 7.25. The van der Waals surface area contributed by atoms with Crippen molar-refractivity contribution in [3.63, 3.8) is 0 Å². The molecule has 1 rings (SSSR count). The molecule has 0 aliphatic rings. The molecule has 0 aromatic heterocycles. The van der Waals surface area contributed by atoms with Crippen molar-refractivity contribution in [3.8, 4) is 5.75 Å². The van der Waals surface area contributed by atoms with Crippen LogP contribution in [0.1, 0.15) is 46.1 Å². The number of hydrogen-bond donors (Lipinski definition) is 1. The fourth-order valence-corrected chi connectivity index (χ4v) is 2.72. The Kier molecular flexibility index (Phi) is 11.8. The first-order valence-electron chi connectivity index (χ1n) is 10.3. The van der Waals surface area contributed by atoms with Gasteiger partial charge in [0, 0.05) is 19.6 Å². The van der Waals surface area contributed by atoms with Crippen LogP contribution >= 0.6 is 0 Å². The Labute approximate surface area is 173 Å². The van der Waals surface area contributed by atoms with E-state index in [2.05, 4.69) is 20.8 Å². The van der Waals surface area contributed by atoms with Crippen LogP contribution in [-0.2, 0) is 20.7 Å². The van der Waals surface area contributed by atoms with Crippen molar-refractivity contribution in [1.29, 1.82) is 0 Å². The predicted octanol–water partition coefficient (Wildman–Crippen LogP) is 3.99. The predicted molar refractivity (Wildman–Crippen MR) is 111 cm³/mol. The molecule has 1 N–H and O–H groups in total. The Bertz CT molecular complexity index is 602. The summed E-state index contributed by atoms with van der Waals surface area (Å²) < 4.78 is 16.3. The lowest BCUT2D eigenvalue weighted by molar-refractivity contribution is -0.149. The fraction of sp³-hybridized carbons (Fsp3) is 0.636. The second-order valence-electron chi connectivity index (χ2n) is 7.29. The smallest absolute Gasteiger partial charge is 0.409 e. The zero-order valence-corrected chi connectivity index (χ0v) is 18.1. The van der Waals surface area contributed by atoms with E-state index in [1.165, 1.54) is 0 Å². The van der Waals surface area contributed by atoms with Crippen LogP contribution in [0.3, 0.4) is 0 Å². The second kappa shape index (κ2) is 13.8. The zero-order chi connectivity index (χ0) is 21.6. The van der Waals surface area contributed by atoms with E-state index in [9.17, 15) is 14.7 Å². The van der Waals surface area contributed by atoms with Gasteiger partial charge in [-0.1, -0.05) is 39.3 Å². The maximum absolute atomic E-state index is 12.2. The molecule has 1 aromatic carbocycles. The summed E-state index contributed by atoms with van der Waals surface area (Å²) in [6.45, 7) is 10.1. The van der Waals surface area contributed by atoms with Crippen molar-refractivity contribution in [2.45, 2.75) is 53.1 Å². The summed E-state index contributed by atoms with van der Waals surface area (Å²) >= 11 is 0. The molecule has 7 nitrogen and oxygen atoms in total. The lowest BCUT2D eigenvalue weighted by Crippen LogP contribution is -2.37. The number of aliphatic carboxylic acids is 1. The van der Waals surface area contributed by atoms with Gasteiger partial charge in [0.1, 0.15) is 12.4 Å². The maximum Gasteiger partial charge on any atom is 0.409 e. The van der Waals surface area contributed by atoms with Crippen LogP contribution in [0, 0.1) is 5.92 Å². The molecule has 0 heterocycles. The monoisotopic (exact) mass is 409 g/mol. The second-order valence-corrected chi connectivity index (χ2v) is 7.29. The summed E-state index contributed by atoms with van der Waals surface area (Å²) in [7, 11) is 0. The molecule has 7 heteroatoms. The Morgan fingerprint density at radius 3 is 2.34 bits per heavy atom. The van der Waals surface area contributed by atoms with Crippen molar-refractivity contribution in [3.05, 3.63) is 29.8 Å². The highest BCUT2D eigenvalue weighted by Crippen LogP contribution is 2.15. The highest BCUT2D eigenvalue weighted by Gasteiger charge is 2.18. The van der Waals surface area contributed by atoms with E-state index in [4.69, 9.17) is 14.2 Å². The number of amides is 1. The van der Waals surface area contributed by atoms with Gasteiger partial charge in [0.15, 0.2) is 6.10 Å². The van der Waals surface area contributed by atoms with E-state index in [1.54, 1.807) is 24.0 Å². The molecule has 0 aliphatic carbocycles. The zero-order valence-electron chi connectivity index (χ0n) is 18.1. The molecule has 29 heavy (non-hydrogen) atoms. The molecular formula is C22H35NO6. The fourth-order valence-electron chi connectivity index (χ4n) is 2.72. The van der Waals surface area contributed by atoms with Crippen LogP contribution in [0.5, 0.6) is 5.75 Å². The Morgan fingerprint density at radius 1 is 1.10 bits per heavy atom. The van der Waals surface area contributed by atoms with E-state index in [0.29, 0.717) is 51.0 Å². The highest BCUT2D eigenvalue weighted by molar-refractivity contribution is 5.72. The van der Waals surface area contributed by atoms with Gasteiger partial charge in [-0.05, 0) is 37.0 Å². The lowest BCUT2D eigenvalue weighted by Gasteiger charge is -2.24. The average Bonchev–Trinajstić information content (AvgIpc) is 2.67. The number of rotatable bonds is 14. The lowest BCUT2D eigenvalue weighted by atomic mass is 10.1. The van der Waals surface area contributed by atoms with Crippen molar-refractivity contribution < 1.29 is 28.9 Å². The van der Waals surface area contributed by atoms with Crippen molar-refractivity contribution in [1.82, 2.24) is 4.90 Å². The molecule has 1 atom stereocenters. The van der Waals surface area contributed by atoms with Crippen LogP contribution in [0.4, 0.5) is 4.79 Å². The molecule has 0 aliphatic heterocycles. The van der Waals surface area contributed by atoms with Gasteiger partial charge in [0.25, 0.3) is 0 Å². The van der Waals surface area contributed by atoms with Crippen LogP contribution in [0.2, 0.25) is 0 Å². The molecule has 0 saturated heterocycles. The quantitative estimate of drug-likeness (QED) is 0.468. The third-order valence-corrected chi connectivity index (χ3v) is 4.18. The Morgan fingerprint density at radius 2 is 1.79 bits per heavy atom. The van der Waals surface area contributed by atoms with Crippen LogP contribution in [0.15, 0.2) is 24.3 Å². The molecule has 0 saturated carbocycles. The van der Waals surface area contributed by atoms with Crippen LogP contribution in [-0.4, -0.2) is 61.1 Å². The SMILES string of the molecule is CCCCOC(=O)N(CCOc1ccc(CC(OCC)C(=O)O)cc1)CC(C)C. The number of carbonyl (C=O) groups excluding carboxylic acids is 1. The van der Waals surface area contributed by atoms with E-state index < -0.39 is 12.1 Å². The number of nitrogens with zero attached hydrogens (tertiary/aromatic N) is 1. The van der Waals surface area contributed by atoms with Crippen LogP contribution < -0.4 is 4.74 Å². The number of hydrogen-bond acceptors (Lipinski definition) is 5. The van der Waals surface area contributed by atoms with E-state index in [-0.39, 0.29) is 6.09 Å². The number of unbranched alkanes of at least 4 members (excludes halogenated alkanes) is 1. The number of benzene rings is 1. The van der Waals surface area contributed by atoms with Gasteiger partial charge in [0.05, 0.1) is 13.2 Å². The largest absolute Gasteiger partial charge is 0.492 e. The average molecular weight is 410 g/mol. The molecule has 0 bridgehead atoms. The minimum Gasteiger partial charge on any atom is -0.492 e. The van der Waals surface area contributed by atoms with Crippen molar-refractivity contribution in [2.24, 2.45) is 5.92 Å². The van der Waals surface area contributed by atoms with Gasteiger partial charge < -0.3 is 24.2 Å². The molecule has 1 aromatic rings. The topological polar surface area (TPSA) is 85.3 Å². The van der Waals surface area contributed by atoms with E-state index >= 15 is 0 Å². The minimum absolute atomic E-state index is 0.301. The summed E-state index contributed by atoms with van der Waals surface area (Å²) in [5.74, 6) is 0.0321. The van der Waals surface area contributed by atoms with E-state index in [0.717, 1.165) is 18.4 Å². The number of carbonyl (C=O) groups is 2. The molecule has 0 radical (unpaired) electrons. The third-order valence-electron chi connectivity index (χ3n) is 4.18. The molecule has 1 amide bonds. The van der Waals surface area contributed by atoms with Gasteiger partial charge in [-0.2, -0.15) is 0 Å². The summed E-state index contributed by atoms with van der Waals surface area (Å²) in [5, 5.41) is 9.17. The number of ether oxygens (including phenoxy) is 3. The van der Waals surface area contributed by atoms with Crippen LogP contribution in [0.25, 0.3) is 0 Å². The summed E-state index contributed by atoms with van der Waals surface area (Å²) in [5.41, 5.74) is 0.860. The van der Waals surface area contributed by atoms with E-state index in [1.807, 2.05) is 12.1 Å². The normalized spacial score (nSPS) is 11.9. The van der Waals surface area contributed by atoms with Gasteiger partial charge in [-0.25, -0.2) is 9.59 Å². The summed E-state index contributed by atoms with van der Waals surface area (Å²) in [4.78, 5) is 25.1.